The third-order valence-corrected chi connectivity index (χ3v) is 3.86. The van der Waals surface area contributed by atoms with Crippen LogP contribution in [0, 0.1) is 0 Å². The van der Waals surface area contributed by atoms with Crippen LogP contribution < -0.4 is 16.0 Å². The van der Waals surface area contributed by atoms with E-state index in [1.165, 1.54) is 0 Å². The number of hydrogen-bond acceptors (Lipinski definition) is 5. The molecular weight excluding hydrogens is 258 g/mol. The molecule has 0 aliphatic heterocycles. The molecule has 0 radical (unpaired) electrons. The number of nitrogens with one attached hydrogen (secondary N) is 1. The Hall–Kier alpha value is -2.11. The number of methoxy groups -OCH3 is 1. The lowest BCUT2D eigenvalue weighted by molar-refractivity contribution is 0.419. The molecule has 0 fully saturated rings. The number of anilines is 1. The molecule has 3 N–H and O–H groups in total. The number of nitrogens with zero attached hydrogens (tertiary/aromatic N) is 1. The van der Waals surface area contributed by atoms with Crippen LogP contribution in [0.1, 0.15) is 0 Å². The van der Waals surface area contributed by atoms with Gasteiger partial charge in [-0.05, 0) is 23.6 Å². The molecule has 0 amide bonds. The first kappa shape index (κ1) is 12.0. The SMILES string of the molecule is COc1cccc2cc(-c3cccs3)c(NN)nc12. The van der Waals surface area contributed by atoms with Crippen LogP contribution in [0.3, 0.4) is 0 Å². The summed E-state index contributed by atoms with van der Waals surface area (Å²) < 4.78 is 5.33. The van der Waals surface area contributed by atoms with E-state index >= 15 is 0 Å². The molecule has 2 aromatic heterocycles. The van der Waals surface area contributed by atoms with Crippen LogP contribution in [0.4, 0.5) is 5.82 Å². The number of pyridine rings is 1. The molecule has 96 valence electrons. The smallest absolute Gasteiger partial charge is 0.149 e. The lowest BCUT2D eigenvalue weighted by Gasteiger charge is -2.10. The predicted molar refractivity (Wildman–Crippen MR) is 79.4 cm³/mol. The van der Waals surface area contributed by atoms with Crippen molar-refractivity contribution in [3.05, 3.63) is 41.8 Å². The lowest BCUT2D eigenvalue weighted by Crippen LogP contribution is -2.10. The van der Waals surface area contributed by atoms with Crippen LogP contribution in [-0.4, -0.2) is 12.1 Å². The Balaban J connectivity index is 2.30. The van der Waals surface area contributed by atoms with Crippen LogP contribution in [0.2, 0.25) is 0 Å². The Labute approximate surface area is 114 Å². The maximum absolute atomic E-state index is 5.59. The molecule has 0 aliphatic carbocycles. The largest absolute Gasteiger partial charge is 0.494 e. The first-order valence-corrected chi connectivity index (χ1v) is 6.69. The minimum Gasteiger partial charge on any atom is -0.494 e. The maximum Gasteiger partial charge on any atom is 0.149 e. The van der Waals surface area contributed by atoms with Crippen LogP contribution >= 0.6 is 11.3 Å². The third kappa shape index (κ3) is 2.03. The number of benzene rings is 1. The van der Waals surface area contributed by atoms with Gasteiger partial charge in [0.25, 0.3) is 0 Å². The number of para-hydroxylation sites is 1. The zero-order chi connectivity index (χ0) is 13.2. The predicted octanol–water partition coefficient (Wildman–Crippen LogP) is 3.26. The monoisotopic (exact) mass is 271 g/mol. The normalized spacial score (nSPS) is 10.6. The third-order valence-electron chi connectivity index (χ3n) is 2.95. The first-order chi connectivity index (χ1) is 9.33. The molecular formula is C14H13N3OS. The summed E-state index contributed by atoms with van der Waals surface area (Å²) in [4.78, 5) is 5.70. The fraction of sp³-hybridized carbons (Fsp3) is 0.0714. The zero-order valence-corrected chi connectivity index (χ0v) is 11.2. The second kappa shape index (κ2) is 4.87. The Kier molecular flexibility index (Phi) is 3.06. The van der Waals surface area contributed by atoms with Crippen LogP contribution in [-0.2, 0) is 0 Å². The van der Waals surface area contributed by atoms with Crippen molar-refractivity contribution >= 4 is 28.1 Å². The summed E-state index contributed by atoms with van der Waals surface area (Å²) in [6.07, 6.45) is 0. The average molecular weight is 271 g/mol. The molecule has 0 saturated heterocycles. The van der Waals surface area contributed by atoms with Crippen molar-refractivity contribution in [3.8, 4) is 16.2 Å². The zero-order valence-electron chi connectivity index (χ0n) is 10.4. The van der Waals surface area contributed by atoms with Crippen molar-refractivity contribution in [3.63, 3.8) is 0 Å². The molecule has 19 heavy (non-hydrogen) atoms. The lowest BCUT2D eigenvalue weighted by atomic mass is 10.1. The molecule has 4 nitrogen and oxygen atoms in total. The first-order valence-electron chi connectivity index (χ1n) is 5.81. The van der Waals surface area contributed by atoms with Gasteiger partial charge in [-0.1, -0.05) is 18.2 Å². The summed E-state index contributed by atoms with van der Waals surface area (Å²) in [5.41, 5.74) is 4.47. The fourth-order valence-corrected chi connectivity index (χ4v) is 2.81. The Morgan fingerprint density at radius 2 is 2.16 bits per heavy atom. The van der Waals surface area contributed by atoms with E-state index in [9.17, 15) is 0 Å². The summed E-state index contributed by atoms with van der Waals surface area (Å²) in [5, 5.41) is 3.06. The second-order valence-corrected chi connectivity index (χ2v) is 4.99. The van der Waals surface area contributed by atoms with E-state index in [0.29, 0.717) is 5.82 Å². The molecule has 1 aromatic carbocycles. The Bertz CT molecular complexity index is 710. The van der Waals surface area contributed by atoms with E-state index in [2.05, 4.69) is 22.5 Å². The van der Waals surface area contributed by atoms with E-state index in [-0.39, 0.29) is 0 Å². The van der Waals surface area contributed by atoms with Gasteiger partial charge in [0.1, 0.15) is 17.1 Å². The topological polar surface area (TPSA) is 60.2 Å². The minimum absolute atomic E-state index is 0.652. The van der Waals surface area contributed by atoms with Gasteiger partial charge >= 0.3 is 0 Å². The van der Waals surface area contributed by atoms with E-state index in [0.717, 1.165) is 27.1 Å². The number of aromatic nitrogens is 1. The highest BCUT2D eigenvalue weighted by molar-refractivity contribution is 7.13. The molecule has 0 unspecified atom stereocenters. The summed E-state index contributed by atoms with van der Waals surface area (Å²) in [6, 6.07) is 12.0. The van der Waals surface area contributed by atoms with E-state index in [1.54, 1.807) is 18.4 Å². The minimum atomic E-state index is 0.652. The summed E-state index contributed by atoms with van der Waals surface area (Å²) in [5.74, 6) is 6.99. The van der Waals surface area contributed by atoms with Gasteiger partial charge in [0.2, 0.25) is 0 Å². The highest BCUT2D eigenvalue weighted by atomic mass is 32.1. The van der Waals surface area contributed by atoms with Gasteiger partial charge in [-0.25, -0.2) is 10.8 Å². The molecule has 5 heteroatoms. The highest BCUT2D eigenvalue weighted by Crippen LogP contribution is 2.34. The van der Waals surface area contributed by atoms with Crippen molar-refractivity contribution in [2.45, 2.75) is 0 Å². The van der Waals surface area contributed by atoms with Crippen molar-refractivity contribution in [2.75, 3.05) is 12.5 Å². The molecule has 0 saturated carbocycles. The highest BCUT2D eigenvalue weighted by Gasteiger charge is 2.11. The number of nitrogen functional groups attached to an aromatic ring is 1. The fourth-order valence-electron chi connectivity index (χ4n) is 2.07. The second-order valence-electron chi connectivity index (χ2n) is 4.04. The van der Waals surface area contributed by atoms with Crippen LogP contribution in [0.5, 0.6) is 5.75 Å². The Morgan fingerprint density at radius 1 is 1.26 bits per heavy atom. The maximum atomic E-state index is 5.59. The van der Waals surface area contributed by atoms with Gasteiger partial charge < -0.3 is 10.2 Å². The van der Waals surface area contributed by atoms with Gasteiger partial charge in [0, 0.05) is 15.8 Å². The van der Waals surface area contributed by atoms with Gasteiger partial charge in [0.15, 0.2) is 0 Å². The molecule has 3 aromatic rings. The number of ether oxygens (including phenoxy) is 1. The number of fused-ring (bicyclic) bond motifs is 1. The number of nitrogens with two attached hydrogens (primary N) is 1. The van der Waals surface area contributed by atoms with Gasteiger partial charge in [-0.2, -0.15) is 0 Å². The van der Waals surface area contributed by atoms with Gasteiger partial charge in [-0.3, -0.25) is 0 Å². The summed E-state index contributed by atoms with van der Waals surface area (Å²) >= 11 is 1.66. The van der Waals surface area contributed by atoms with Crippen LogP contribution in [0.15, 0.2) is 41.8 Å². The molecule has 2 heterocycles. The van der Waals surface area contributed by atoms with Crippen molar-refractivity contribution < 1.29 is 4.74 Å². The number of thiophene rings is 1. The molecule has 3 rings (SSSR count). The molecule has 0 bridgehead atoms. The van der Waals surface area contributed by atoms with Gasteiger partial charge in [-0.15, -0.1) is 11.3 Å². The molecule has 0 spiro atoms. The standard InChI is InChI=1S/C14H13N3OS/c1-18-11-5-2-4-9-8-10(12-6-3-7-19-12)14(17-15)16-13(9)11/h2-8H,15H2,1H3,(H,16,17). The molecule has 0 aliphatic rings. The van der Waals surface area contributed by atoms with Crippen molar-refractivity contribution in [2.24, 2.45) is 5.84 Å². The molecule has 0 atom stereocenters. The van der Waals surface area contributed by atoms with Crippen molar-refractivity contribution in [1.29, 1.82) is 0 Å². The number of rotatable bonds is 3. The number of hydrazine groups is 1. The van der Waals surface area contributed by atoms with E-state index in [4.69, 9.17) is 10.6 Å². The quantitative estimate of drug-likeness (QED) is 0.567. The summed E-state index contributed by atoms with van der Waals surface area (Å²) in [6.45, 7) is 0. The van der Waals surface area contributed by atoms with E-state index < -0.39 is 0 Å². The van der Waals surface area contributed by atoms with Gasteiger partial charge in [0.05, 0.1) is 7.11 Å². The number of hydrogen-bond donors (Lipinski definition) is 2. The van der Waals surface area contributed by atoms with E-state index in [1.807, 2.05) is 29.6 Å². The Morgan fingerprint density at radius 3 is 2.84 bits per heavy atom. The average Bonchev–Trinajstić information content (AvgIpc) is 2.99. The van der Waals surface area contributed by atoms with Crippen LogP contribution in [0.25, 0.3) is 21.3 Å². The van der Waals surface area contributed by atoms with Crippen molar-refractivity contribution in [1.82, 2.24) is 4.98 Å². The summed E-state index contributed by atoms with van der Waals surface area (Å²) in [7, 11) is 1.64.